The van der Waals surface area contributed by atoms with Crippen molar-refractivity contribution in [2.45, 2.75) is 13.1 Å². The van der Waals surface area contributed by atoms with Gasteiger partial charge in [-0.2, -0.15) is 0 Å². The number of nitrogens with zero attached hydrogens (tertiary/aromatic N) is 3. The van der Waals surface area contributed by atoms with Crippen LogP contribution in [0.15, 0.2) is 30.9 Å². The van der Waals surface area contributed by atoms with Crippen LogP contribution >= 0.6 is 0 Å². The summed E-state index contributed by atoms with van der Waals surface area (Å²) in [4.78, 5) is 16.9. The summed E-state index contributed by atoms with van der Waals surface area (Å²) >= 11 is 0. The number of rotatable bonds is 6. The van der Waals surface area contributed by atoms with Gasteiger partial charge in [0.15, 0.2) is 0 Å². The lowest BCUT2D eigenvalue weighted by Gasteiger charge is -2.13. The molecule has 2 aromatic rings. The second-order valence-corrected chi connectivity index (χ2v) is 5.10. The monoisotopic (exact) mass is 308 g/mol. The van der Waals surface area contributed by atoms with Crippen molar-refractivity contribution in [3.05, 3.63) is 53.6 Å². The standard InChI is InChI=1S/C15H18F2N4O/c1-20(2)15(22)11-7-13(16)12(14(17)8-11)9-18-3-5-21-6-4-19-10-21/h4,6-8,10,18H,3,5,9H2,1-2H3. The number of halogens is 2. The Morgan fingerprint density at radius 2 is 2.00 bits per heavy atom. The van der Waals surface area contributed by atoms with E-state index in [9.17, 15) is 13.6 Å². The zero-order chi connectivity index (χ0) is 16.1. The van der Waals surface area contributed by atoms with Crippen molar-refractivity contribution >= 4 is 5.91 Å². The van der Waals surface area contributed by atoms with Gasteiger partial charge < -0.3 is 14.8 Å². The first kappa shape index (κ1) is 16.1. The fourth-order valence-electron chi connectivity index (χ4n) is 1.99. The maximum atomic E-state index is 14.0. The summed E-state index contributed by atoms with van der Waals surface area (Å²) in [6.07, 6.45) is 5.15. The molecule has 22 heavy (non-hydrogen) atoms. The molecule has 1 N–H and O–H groups in total. The van der Waals surface area contributed by atoms with E-state index in [2.05, 4.69) is 10.3 Å². The van der Waals surface area contributed by atoms with E-state index in [4.69, 9.17) is 0 Å². The molecule has 7 heteroatoms. The van der Waals surface area contributed by atoms with E-state index in [0.29, 0.717) is 13.1 Å². The molecule has 0 fully saturated rings. The second kappa shape index (κ2) is 7.13. The van der Waals surface area contributed by atoms with Crippen molar-refractivity contribution in [1.29, 1.82) is 0 Å². The number of nitrogens with one attached hydrogen (secondary N) is 1. The second-order valence-electron chi connectivity index (χ2n) is 5.10. The summed E-state index contributed by atoms with van der Waals surface area (Å²) in [5.74, 6) is -1.88. The van der Waals surface area contributed by atoms with E-state index in [1.165, 1.54) is 19.0 Å². The third kappa shape index (κ3) is 3.88. The lowest BCUT2D eigenvalue weighted by atomic mass is 10.1. The summed E-state index contributed by atoms with van der Waals surface area (Å²) in [5, 5.41) is 2.97. The van der Waals surface area contributed by atoms with Crippen LogP contribution in [0.25, 0.3) is 0 Å². The van der Waals surface area contributed by atoms with Crippen molar-refractivity contribution in [3.8, 4) is 0 Å². The first-order chi connectivity index (χ1) is 10.5. The number of carbonyl (C=O) groups is 1. The van der Waals surface area contributed by atoms with Gasteiger partial charge in [-0.3, -0.25) is 4.79 Å². The molecule has 118 valence electrons. The molecule has 2 rings (SSSR count). The zero-order valence-corrected chi connectivity index (χ0v) is 12.5. The first-order valence-corrected chi connectivity index (χ1v) is 6.85. The van der Waals surface area contributed by atoms with Gasteiger partial charge in [0.1, 0.15) is 11.6 Å². The van der Waals surface area contributed by atoms with Gasteiger partial charge in [-0.05, 0) is 12.1 Å². The minimum atomic E-state index is -0.722. The predicted molar refractivity (Wildman–Crippen MR) is 78.3 cm³/mol. The van der Waals surface area contributed by atoms with Crippen LogP contribution in [0.1, 0.15) is 15.9 Å². The summed E-state index contributed by atoms with van der Waals surface area (Å²) in [5.41, 5.74) is -0.0666. The molecule has 0 aliphatic rings. The Morgan fingerprint density at radius 3 is 2.55 bits per heavy atom. The van der Waals surface area contributed by atoms with Gasteiger partial charge >= 0.3 is 0 Å². The van der Waals surface area contributed by atoms with Gasteiger partial charge in [0.05, 0.1) is 6.33 Å². The van der Waals surface area contributed by atoms with Crippen LogP contribution < -0.4 is 5.32 Å². The highest BCUT2D eigenvalue weighted by atomic mass is 19.1. The van der Waals surface area contributed by atoms with E-state index in [1.807, 2.05) is 10.8 Å². The highest BCUT2D eigenvalue weighted by Gasteiger charge is 2.16. The molecule has 0 radical (unpaired) electrons. The Kier molecular flexibility index (Phi) is 5.21. The van der Waals surface area contributed by atoms with E-state index in [1.54, 1.807) is 12.5 Å². The lowest BCUT2D eigenvalue weighted by molar-refractivity contribution is 0.0826. The van der Waals surface area contributed by atoms with Crippen LogP contribution in [0.2, 0.25) is 0 Å². The predicted octanol–water partition coefficient (Wildman–Crippen LogP) is 1.65. The van der Waals surface area contributed by atoms with Crippen LogP contribution in [0.4, 0.5) is 8.78 Å². The van der Waals surface area contributed by atoms with Crippen LogP contribution in [0, 0.1) is 11.6 Å². The molecule has 1 aromatic carbocycles. The van der Waals surface area contributed by atoms with Gasteiger partial charge in [0.25, 0.3) is 5.91 Å². The van der Waals surface area contributed by atoms with Crippen molar-refractivity contribution in [2.24, 2.45) is 0 Å². The third-order valence-corrected chi connectivity index (χ3v) is 3.20. The van der Waals surface area contributed by atoms with Crippen molar-refractivity contribution in [1.82, 2.24) is 19.8 Å². The van der Waals surface area contributed by atoms with Crippen LogP contribution in [0.3, 0.4) is 0 Å². The Bertz CT molecular complexity index is 618. The molecule has 0 unspecified atom stereocenters. The molecule has 1 aromatic heterocycles. The quantitative estimate of drug-likeness (QED) is 0.826. The summed E-state index contributed by atoms with van der Waals surface area (Å²) in [7, 11) is 3.06. The molecule has 0 spiro atoms. The molecule has 5 nitrogen and oxygen atoms in total. The van der Waals surface area contributed by atoms with E-state index >= 15 is 0 Å². The lowest BCUT2D eigenvalue weighted by Crippen LogP contribution is -2.23. The smallest absolute Gasteiger partial charge is 0.253 e. The van der Waals surface area contributed by atoms with Crippen LogP contribution in [-0.2, 0) is 13.1 Å². The van der Waals surface area contributed by atoms with Crippen LogP contribution in [0.5, 0.6) is 0 Å². The molecule has 0 bridgehead atoms. The Morgan fingerprint density at radius 1 is 1.32 bits per heavy atom. The Balaban J connectivity index is 1.97. The minimum Gasteiger partial charge on any atom is -0.345 e. The van der Waals surface area contributed by atoms with Gasteiger partial charge in [-0.25, -0.2) is 13.8 Å². The summed E-state index contributed by atoms with van der Waals surface area (Å²) < 4.78 is 29.8. The maximum Gasteiger partial charge on any atom is 0.253 e. The summed E-state index contributed by atoms with van der Waals surface area (Å²) in [6.45, 7) is 1.26. The zero-order valence-electron chi connectivity index (χ0n) is 12.5. The van der Waals surface area contributed by atoms with Crippen LogP contribution in [-0.4, -0.2) is 41.0 Å². The average molecular weight is 308 g/mol. The molecule has 0 aliphatic heterocycles. The Hall–Kier alpha value is -2.28. The highest BCUT2D eigenvalue weighted by molar-refractivity contribution is 5.93. The number of hydrogen-bond donors (Lipinski definition) is 1. The minimum absolute atomic E-state index is 0.00201. The molecule has 0 saturated carbocycles. The maximum absolute atomic E-state index is 14.0. The van der Waals surface area contributed by atoms with Gasteiger partial charge in [-0.15, -0.1) is 0 Å². The topological polar surface area (TPSA) is 50.2 Å². The first-order valence-electron chi connectivity index (χ1n) is 6.85. The van der Waals surface area contributed by atoms with E-state index < -0.39 is 17.5 Å². The number of aromatic nitrogens is 2. The van der Waals surface area contributed by atoms with E-state index in [-0.39, 0.29) is 17.7 Å². The average Bonchev–Trinajstić information content (AvgIpc) is 2.97. The molecular formula is C15H18F2N4O. The normalized spacial score (nSPS) is 10.7. The number of carbonyl (C=O) groups excluding carboxylic acids is 1. The summed E-state index contributed by atoms with van der Waals surface area (Å²) in [6, 6.07) is 2.14. The molecule has 1 heterocycles. The van der Waals surface area contributed by atoms with Crippen molar-refractivity contribution in [2.75, 3.05) is 20.6 Å². The third-order valence-electron chi connectivity index (χ3n) is 3.20. The van der Waals surface area contributed by atoms with E-state index in [0.717, 1.165) is 12.1 Å². The fraction of sp³-hybridized carbons (Fsp3) is 0.333. The number of amides is 1. The highest BCUT2D eigenvalue weighted by Crippen LogP contribution is 2.16. The molecule has 0 atom stereocenters. The van der Waals surface area contributed by atoms with Crippen molar-refractivity contribution in [3.63, 3.8) is 0 Å². The largest absolute Gasteiger partial charge is 0.345 e. The van der Waals surface area contributed by atoms with Gasteiger partial charge in [0.2, 0.25) is 0 Å². The van der Waals surface area contributed by atoms with Gasteiger partial charge in [0, 0.05) is 57.3 Å². The van der Waals surface area contributed by atoms with Crippen molar-refractivity contribution < 1.29 is 13.6 Å². The number of hydrogen-bond acceptors (Lipinski definition) is 3. The molecule has 0 saturated heterocycles. The number of imidazole rings is 1. The number of benzene rings is 1. The van der Waals surface area contributed by atoms with Gasteiger partial charge in [-0.1, -0.05) is 0 Å². The fourth-order valence-corrected chi connectivity index (χ4v) is 1.99. The molecule has 0 aliphatic carbocycles. The molecular weight excluding hydrogens is 290 g/mol. The Labute approximate surface area is 127 Å². The SMILES string of the molecule is CN(C)C(=O)c1cc(F)c(CNCCn2ccnc2)c(F)c1. The molecule has 1 amide bonds.